The number of rotatable bonds is 38. The highest BCUT2D eigenvalue weighted by Crippen LogP contribution is 2.43. The van der Waals surface area contributed by atoms with E-state index < -0.39 is 51.1 Å². The normalized spacial score (nSPS) is 14.0. The Morgan fingerprint density at radius 2 is 0.980 bits per heavy atom. The molecule has 0 amide bonds. The number of ether oxygens (including phenoxy) is 2. The first-order chi connectivity index (χ1) is 24.6. The van der Waals surface area contributed by atoms with E-state index in [0.717, 1.165) is 57.8 Å². The van der Waals surface area contributed by atoms with Gasteiger partial charge in [-0.3, -0.25) is 23.4 Å². The fourth-order valence-electron chi connectivity index (χ4n) is 5.53. The molecule has 11 nitrogen and oxygen atoms in total. The molecule has 0 heterocycles. The van der Waals surface area contributed by atoms with Crippen molar-refractivity contribution >= 4 is 25.7 Å². The summed E-state index contributed by atoms with van der Waals surface area (Å²) in [5.41, 5.74) is 5.32. The highest BCUT2D eigenvalue weighted by Gasteiger charge is 2.28. The molecule has 51 heavy (non-hydrogen) atoms. The van der Waals surface area contributed by atoms with Crippen LogP contribution in [0.2, 0.25) is 0 Å². The molecule has 0 aromatic rings. The third kappa shape index (κ3) is 35.0. The second-order valence-electron chi connectivity index (χ2n) is 13.8. The molecule has 4 N–H and O–H groups in total. The van der Waals surface area contributed by atoms with E-state index in [1.54, 1.807) is 0 Å². The summed E-state index contributed by atoms with van der Waals surface area (Å²) in [5, 5.41) is 8.86. The van der Waals surface area contributed by atoms with Gasteiger partial charge in [0.1, 0.15) is 12.6 Å². The van der Waals surface area contributed by atoms with Crippen molar-refractivity contribution in [3.63, 3.8) is 0 Å². The number of aliphatic carboxylic acids is 1. The summed E-state index contributed by atoms with van der Waals surface area (Å²) in [6.45, 7) is 2.78. The lowest BCUT2D eigenvalue weighted by atomic mass is 10.0. The van der Waals surface area contributed by atoms with Gasteiger partial charge in [-0.15, -0.1) is 0 Å². The Morgan fingerprint density at radius 3 is 1.45 bits per heavy atom. The smallest absolute Gasteiger partial charge is 0.472 e. The van der Waals surface area contributed by atoms with Gasteiger partial charge in [-0.2, -0.15) is 0 Å². The van der Waals surface area contributed by atoms with E-state index in [0.29, 0.717) is 12.8 Å². The number of hydrogen-bond acceptors (Lipinski definition) is 9. The van der Waals surface area contributed by atoms with E-state index in [9.17, 15) is 23.8 Å². The maximum atomic E-state index is 12.6. The number of hydrogen-bond donors (Lipinski definition) is 3. The molecule has 0 radical (unpaired) electrons. The number of phosphoric ester groups is 1. The maximum Gasteiger partial charge on any atom is 0.472 e. The quantitative estimate of drug-likeness (QED) is 0.0237. The molecule has 0 aromatic carbocycles. The first-order valence-corrected chi connectivity index (χ1v) is 21.7. The first-order valence-electron chi connectivity index (χ1n) is 20.2. The second-order valence-corrected chi connectivity index (χ2v) is 15.2. The van der Waals surface area contributed by atoms with E-state index in [-0.39, 0.29) is 19.4 Å². The van der Waals surface area contributed by atoms with Crippen molar-refractivity contribution in [3.05, 3.63) is 12.2 Å². The van der Waals surface area contributed by atoms with Gasteiger partial charge < -0.3 is 25.2 Å². The Kier molecular flexibility index (Phi) is 34.0. The average Bonchev–Trinajstić information content (AvgIpc) is 3.10. The maximum absolute atomic E-state index is 12.6. The predicted molar refractivity (Wildman–Crippen MR) is 203 cm³/mol. The van der Waals surface area contributed by atoms with Gasteiger partial charge in [-0.1, -0.05) is 148 Å². The van der Waals surface area contributed by atoms with E-state index in [1.807, 2.05) is 0 Å². The van der Waals surface area contributed by atoms with Gasteiger partial charge in [0.2, 0.25) is 0 Å². The Hall–Kier alpha value is -1.78. The lowest BCUT2D eigenvalue weighted by Crippen LogP contribution is -2.34. The molecule has 0 aliphatic heterocycles. The molecule has 0 spiro atoms. The van der Waals surface area contributed by atoms with Crippen LogP contribution in [0.5, 0.6) is 0 Å². The van der Waals surface area contributed by atoms with Gasteiger partial charge in [0.05, 0.1) is 13.2 Å². The molecule has 0 bridgehead atoms. The molecule has 0 saturated carbocycles. The lowest BCUT2D eigenvalue weighted by Gasteiger charge is -2.20. The van der Waals surface area contributed by atoms with E-state index in [1.165, 1.54) is 89.9 Å². The number of unbranched alkanes of at least 4 members (excludes halogenated alkanes) is 22. The van der Waals surface area contributed by atoms with Crippen LogP contribution < -0.4 is 5.73 Å². The van der Waals surface area contributed by atoms with Crippen LogP contribution in [0.1, 0.15) is 187 Å². The molecule has 0 saturated heterocycles. The minimum Gasteiger partial charge on any atom is -0.480 e. The van der Waals surface area contributed by atoms with E-state index >= 15 is 0 Å². The van der Waals surface area contributed by atoms with Crippen LogP contribution in [-0.2, 0) is 37.5 Å². The third-order valence-corrected chi connectivity index (χ3v) is 9.71. The van der Waals surface area contributed by atoms with Gasteiger partial charge in [0, 0.05) is 12.8 Å². The van der Waals surface area contributed by atoms with Crippen molar-refractivity contribution in [2.75, 3.05) is 19.8 Å². The minimum atomic E-state index is -4.71. The van der Waals surface area contributed by atoms with E-state index in [2.05, 4.69) is 30.5 Å². The molecule has 0 rings (SSSR count). The highest BCUT2D eigenvalue weighted by molar-refractivity contribution is 7.47. The Morgan fingerprint density at radius 1 is 0.588 bits per heavy atom. The minimum absolute atomic E-state index is 0.155. The van der Waals surface area contributed by atoms with Crippen molar-refractivity contribution < 1.29 is 47.5 Å². The molecule has 0 fully saturated rings. The van der Waals surface area contributed by atoms with Gasteiger partial charge in [-0.25, -0.2) is 4.57 Å². The number of carbonyl (C=O) groups is 3. The molecule has 300 valence electrons. The lowest BCUT2D eigenvalue weighted by molar-refractivity contribution is -0.161. The molecule has 1 unspecified atom stereocenters. The van der Waals surface area contributed by atoms with Crippen LogP contribution >= 0.6 is 7.82 Å². The predicted octanol–water partition coefficient (Wildman–Crippen LogP) is 10.1. The Balaban J connectivity index is 4.40. The number of carboxylic acids is 1. The molecule has 3 atom stereocenters. The number of allylic oxidation sites excluding steroid dienone is 2. The van der Waals surface area contributed by atoms with Gasteiger partial charge in [-0.05, 0) is 38.5 Å². The SMILES string of the molecule is CCCCCC/C=C\CCCCCCCC(=O)O[C@H](COC(=O)CCCCCCCCCCCCCCCC)COP(=O)(O)OC[C@H](N)C(=O)O. The first kappa shape index (κ1) is 49.2. The highest BCUT2D eigenvalue weighted by atomic mass is 31.2. The van der Waals surface area contributed by atoms with Crippen molar-refractivity contribution in [2.45, 2.75) is 199 Å². The van der Waals surface area contributed by atoms with Crippen molar-refractivity contribution in [1.82, 2.24) is 0 Å². The zero-order chi connectivity index (χ0) is 37.8. The molecule has 0 aliphatic carbocycles. The summed E-state index contributed by atoms with van der Waals surface area (Å²) >= 11 is 0. The summed E-state index contributed by atoms with van der Waals surface area (Å²) in [6, 6.07) is -1.52. The monoisotopic (exact) mass is 748 g/mol. The number of esters is 2. The number of carboxylic acid groups (broad SMARTS) is 1. The standard InChI is InChI=1S/C39H74NO10P/c1-3-5-7-9-11-13-15-17-19-20-22-24-26-28-30-37(41)47-32-35(33-48-51(45,46)49-34-36(40)39(43)44)50-38(42)31-29-27-25-23-21-18-16-14-12-10-8-6-4-2/h14,16,35-36H,3-13,15,17-34,40H2,1-2H3,(H,43,44)(H,45,46)/b16-14-/t35-,36+/m1/s1. The zero-order valence-corrected chi connectivity index (χ0v) is 33.1. The van der Waals surface area contributed by atoms with Gasteiger partial charge in [0.15, 0.2) is 6.10 Å². The van der Waals surface area contributed by atoms with Crippen LogP contribution in [0, 0.1) is 0 Å². The largest absolute Gasteiger partial charge is 0.480 e. The summed E-state index contributed by atoms with van der Waals surface area (Å²) in [4.78, 5) is 45.8. The van der Waals surface area contributed by atoms with Crippen molar-refractivity contribution in [2.24, 2.45) is 5.73 Å². The van der Waals surface area contributed by atoms with Crippen molar-refractivity contribution in [3.8, 4) is 0 Å². The van der Waals surface area contributed by atoms with E-state index in [4.69, 9.17) is 24.8 Å². The summed E-state index contributed by atoms with van der Waals surface area (Å²) in [7, 11) is -4.71. The van der Waals surface area contributed by atoms with Crippen LogP contribution in [0.3, 0.4) is 0 Å². The molecular formula is C39H74NO10P. The molecule has 0 aliphatic rings. The molecular weight excluding hydrogens is 673 g/mol. The molecule has 0 aromatic heterocycles. The Bertz CT molecular complexity index is 932. The van der Waals surface area contributed by atoms with Crippen molar-refractivity contribution in [1.29, 1.82) is 0 Å². The fourth-order valence-corrected chi connectivity index (χ4v) is 6.31. The molecule has 12 heteroatoms. The zero-order valence-electron chi connectivity index (χ0n) is 32.2. The van der Waals surface area contributed by atoms with Gasteiger partial charge >= 0.3 is 25.7 Å². The number of phosphoric acid groups is 1. The number of nitrogens with two attached hydrogens (primary N) is 1. The fraction of sp³-hybridized carbons (Fsp3) is 0.872. The summed E-state index contributed by atoms with van der Waals surface area (Å²) in [6.07, 6.45) is 32.7. The topological polar surface area (TPSA) is 172 Å². The van der Waals surface area contributed by atoms with Gasteiger partial charge in [0.25, 0.3) is 0 Å². The van der Waals surface area contributed by atoms with Crippen LogP contribution in [0.15, 0.2) is 12.2 Å². The second kappa shape index (κ2) is 35.3. The van der Waals surface area contributed by atoms with Crippen LogP contribution in [0.25, 0.3) is 0 Å². The number of carbonyl (C=O) groups excluding carboxylic acids is 2. The van der Waals surface area contributed by atoms with Crippen LogP contribution in [0.4, 0.5) is 0 Å². The summed E-state index contributed by atoms with van der Waals surface area (Å²) < 4.78 is 32.6. The summed E-state index contributed by atoms with van der Waals surface area (Å²) in [5.74, 6) is -2.38. The average molecular weight is 748 g/mol. The third-order valence-electron chi connectivity index (χ3n) is 8.76. The Labute approximate surface area is 309 Å². The van der Waals surface area contributed by atoms with Crippen LogP contribution in [-0.4, -0.2) is 59.9 Å².